The zero-order chi connectivity index (χ0) is 35.4. The summed E-state index contributed by atoms with van der Waals surface area (Å²) in [4.78, 5) is 10.0. The van der Waals surface area contributed by atoms with Crippen molar-refractivity contribution >= 4 is 58.0 Å². The molecule has 1 aliphatic heterocycles. The van der Waals surface area contributed by atoms with Crippen molar-refractivity contribution in [2.75, 3.05) is 10.1 Å². The number of para-hydroxylation sites is 3. The molecule has 0 spiro atoms. The molecule has 265 valence electrons. The normalized spacial score (nSPS) is 12.9. The fraction of sp³-hybridized carbons (Fsp3) is 0.222. The SMILES string of the molecule is CC(C)c1cccc(C(C)C)c1-c1ccnc(-n2c3[c-]c([Si](C)c4[c-]c(N5[OH+]N(C(C)C)c6ccccc65)ccc4)ccc3c3ccccc32)c1.[Pt]. The Labute approximate surface area is 323 Å². The number of hydroxylamine groups is 1. The van der Waals surface area contributed by atoms with Crippen LogP contribution in [0.2, 0.25) is 6.55 Å². The molecule has 0 fully saturated rings. The Balaban J connectivity index is 0.00000420. The maximum atomic E-state index is 5.01. The minimum absolute atomic E-state index is 0. The van der Waals surface area contributed by atoms with Crippen molar-refractivity contribution < 1.29 is 26.0 Å². The van der Waals surface area contributed by atoms with Crippen molar-refractivity contribution in [1.82, 2.24) is 9.55 Å². The van der Waals surface area contributed by atoms with Gasteiger partial charge < -0.3 is 4.57 Å². The van der Waals surface area contributed by atoms with Crippen molar-refractivity contribution in [1.29, 1.82) is 0 Å². The van der Waals surface area contributed by atoms with Gasteiger partial charge in [-0.15, -0.1) is 21.6 Å². The van der Waals surface area contributed by atoms with Gasteiger partial charge in [0.1, 0.15) is 17.2 Å². The average molecular weight is 880 g/mol. The van der Waals surface area contributed by atoms with Crippen LogP contribution in [0.4, 0.5) is 17.1 Å². The topological polar surface area (TPSA) is 37.1 Å². The Morgan fingerprint density at radius 3 is 2.08 bits per heavy atom. The van der Waals surface area contributed by atoms with Crippen LogP contribution in [-0.4, -0.2) is 29.3 Å². The molecule has 0 saturated heterocycles. The summed E-state index contributed by atoms with van der Waals surface area (Å²) >= 11 is 0. The van der Waals surface area contributed by atoms with E-state index < -0.39 is 8.80 Å². The number of benzene rings is 5. The molecule has 1 aliphatic rings. The number of aromatic nitrogens is 2. The molecule has 0 aliphatic carbocycles. The van der Waals surface area contributed by atoms with E-state index in [2.05, 4.69) is 179 Å². The largest absolute Gasteiger partial charge is 0.319 e. The van der Waals surface area contributed by atoms with Gasteiger partial charge in [0.25, 0.3) is 0 Å². The van der Waals surface area contributed by atoms with Crippen LogP contribution in [0.15, 0.2) is 115 Å². The van der Waals surface area contributed by atoms with Gasteiger partial charge in [-0.3, -0.25) is 0 Å². The van der Waals surface area contributed by atoms with Gasteiger partial charge in [0, 0.05) is 38.5 Å². The number of rotatable bonds is 8. The van der Waals surface area contributed by atoms with Crippen molar-refractivity contribution in [2.24, 2.45) is 0 Å². The minimum Gasteiger partial charge on any atom is -0.319 e. The Morgan fingerprint density at radius 1 is 0.673 bits per heavy atom. The molecule has 8 rings (SSSR count). The van der Waals surface area contributed by atoms with Crippen molar-refractivity contribution in [3.8, 4) is 16.9 Å². The molecule has 0 amide bonds. The standard InChI is InChI=1S/C45H43N4OSi.Pt/c1-29(2)36-17-13-18-37(30(3)4)45(36)32-24-25-46-44(26-32)47-40-19-9-8-16-38(40)39-23-22-35(28-43(39)47)51(7)34-15-12-14-33(27-34)49-42-21-11-10-20-41(42)48(50-49)31(5)6;/h8-26,29-31H,1-7H3;/q-2;/p+1. The average Bonchev–Trinajstić information content (AvgIpc) is 3.70. The van der Waals surface area contributed by atoms with E-state index >= 15 is 0 Å². The van der Waals surface area contributed by atoms with E-state index in [0.29, 0.717) is 11.8 Å². The zero-order valence-electron chi connectivity index (χ0n) is 30.8. The third-order valence-corrected chi connectivity index (χ3v) is 12.3. The van der Waals surface area contributed by atoms with E-state index in [4.69, 9.17) is 9.92 Å². The summed E-state index contributed by atoms with van der Waals surface area (Å²) in [6, 6.07) is 47.2. The van der Waals surface area contributed by atoms with E-state index in [1.165, 1.54) is 43.4 Å². The molecule has 1 radical (unpaired) electrons. The summed E-state index contributed by atoms with van der Waals surface area (Å²) in [6.07, 6.45) is 1.97. The van der Waals surface area contributed by atoms with Gasteiger partial charge >= 0.3 is 0 Å². The van der Waals surface area contributed by atoms with Crippen LogP contribution >= 0.6 is 0 Å². The van der Waals surface area contributed by atoms with Crippen LogP contribution < -0.4 is 20.5 Å². The van der Waals surface area contributed by atoms with Gasteiger partial charge in [0.05, 0.1) is 14.8 Å². The van der Waals surface area contributed by atoms with Crippen LogP contribution in [0, 0.1) is 12.1 Å². The molecular weight excluding hydrogens is 836 g/mol. The Morgan fingerprint density at radius 2 is 1.35 bits per heavy atom. The van der Waals surface area contributed by atoms with Gasteiger partial charge in [-0.25, -0.2) is 4.98 Å². The Hall–Kier alpha value is -4.48. The van der Waals surface area contributed by atoms with Crippen LogP contribution in [0.1, 0.15) is 64.5 Å². The zero-order valence-corrected chi connectivity index (χ0v) is 34.0. The van der Waals surface area contributed by atoms with E-state index in [1.54, 1.807) is 0 Å². The number of anilines is 3. The van der Waals surface area contributed by atoms with Crippen molar-refractivity contribution in [3.63, 3.8) is 0 Å². The molecule has 5 nitrogen and oxygen atoms in total. The first kappa shape index (κ1) is 35.9. The third kappa shape index (κ3) is 6.21. The van der Waals surface area contributed by atoms with Crippen LogP contribution in [0.3, 0.4) is 0 Å². The first-order chi connectivity index (χ1) is 24.7. The van der Waals surface area contributed by atoms with E-state index in [0.717, 1.165) is 33.9 Å². The van der Waals surface area contributed by atoms with E-state index in [1.807, 2.05) is 11.3 Å². The minimum atomic E-state index is -1.23. The summed E-state index contributed by atoms with van der Waals surface area (Å²) in [7, 11) is -1.23. The second-order valence-corrected chi connectivity index (χ2v) is 16.7. The van der Waals surface area contributed by atoms with Crippen LogP contribution in [0.5, 0.6) is 0 Å². The molecule has 0 atom stereocenters. The van der Waals surface area contributed by atoms with Gasteiger partial charge in [0.2, 0.25) is 0 Å². The monoisotopic (exact) mass is 879 g/mol. The molecule has 7 aromatic rings. The maximum absolute atomic E-state index is 5.01. The summed E-state index contributed by atoms with van der Waals surface area (Å²) in [6.45, 7) is 15.8. The number of pyridine rings is 1. The van der Waals surface area contributed by atoms with Gasteiger partial charge in [-0.05, 0) is 83.7 Å². The molecule has 52 heavy (non-hydrogen) atoms. The number of hydrogen-bond donors (Lipinski definition) is 0. The van der Waals surface area contributed by atoms with E-state index in [9.17, 15) is 0 Å². The summed E-state index contributed by atoms with van der Waals surface area (Å²) < 4.78 is 2.31. The fourth-order valence-electron chi connectivity index (χ4n) is 7.46. The maximum Gasteiger partial charge on any atom is 0.145 e. The summed E-state index contributed by atoms with van der Waals surface area (Å²) in [5, 5.41) is 8.90. The first-order valence-corrected chi connectivity index (χ1v) is 20.0. The van der Waals surface area contributed by atoms with Crippen molar-refractivity contribution in [2.45, 2.75) is 66.0 Å². The molecule has 1 N–H and O–H groups in total. The smallest absolute Gasteiger partial charge is 0.145 e. The molecular formula is C45H44N4OPtSi-. The molecule has 0 saturated carbocycles. The fourth-order valence-corrected chi connectivity index (χ4v) is 9.05. The molecule has 7 heteroatoms. The van der Waals surface area contributed by atoms with Gasteiger partial charge in [-0.2, -0.15) is 51.7 Å². The molecule has 2 aromatic heterocycles. The number of fused-ring (bicyclic) bond motifs is 4. The van der Waals surface area contributed by atoms with E-state index in [-0.39, 0.29) is 27.1 Å². The molecule has 0 bridgehead atoms. The Kier molecular flexibility index (Phi) is 10.0. The quantitative estimate of drug-likeness (QED) is 0.0867. The number of nitrogens with zero attached hydrogens (tertiary/aromatic N) is 4. The Bertz CT molecular complexity index is 2370. The molecule has 3 heterocycles. The molecule has 5 aromatic carbocycles. The van der Waals surface area contributed by atoms with Gasteiger partial charge in [-0.1, -0.05) is 88.3 Å². The van der Waals surface area contributed by atoms with Crippen LogP contribution in [-0.2, 0) is 21.1 Å². The summed E-state index contributed by atoms with van der Waals surface area (Å²) in [5.74, 6) is 1.72. The number of hydrogen-bond acceptors (Lipinski definition) is 3. The summed E-state index contributed by atoms with van der Waals surface area (Å²) in [5.41, 5.74) is 10.6. The predicted molar refractivity (Wildman–Crippen MR) is 215 cm³/mol. The predicted octanol–water partition coefficient (Wildman–Crippen LogP) is 10.1. The first-order valence-electron chi connectivity index (χ1n) is 18.0. The second kappa shape index (κ2) is 14.5. The third-order valence-electron chi connectivity index (χ3n) is 10.1. The van der Waals surface area contributed by atoms with Crippen LogP contribution in [0.25, 0.3) is 38.8 Å². The van der Waals surface area contributed by atoms with Gasteiger partial charge in [0.15, 0.2) is 0 Å². The van der Waals surface area contributed by atoms with Crippen molar-refractivity contribution in [3.05, 3.63) is 139 Å². The second-order valence-electron chi connectivity index (χ2n) is 14.4. The molecule has 0 unspecified atom stereocenters.